The number of hydrogen-bond acceptors (Lipinski definition) is 5. The molecule has 1 fully saturated rings. The molecule has 4 aromatic rings. The Labute approximate surface area is 230 Å². The molecule has 38 heavy (non-hydrogen) atoms. The fraction of sp³-hybridized carbons (Fsp3) is 0.333. The largest absolute Gasteiger partial charge is 0.369 e. The van der Waals surface area contributed by atoms with Crippen LogP contribution in [-0.2, 0) is 40.5 Å². The van der Waals surface area contributed by atoms with Crippen molar-refractivity contribution in [1.29, 1.82) is 0 Å². The molecule has 1 aliphatic heterocycles. The van der Waals surface area contributed by atoms with Crippen LogP contribution in [0, 0.1) is 0 Å². The third-order valence-corrected chi connectivity index (χ3v) is 8.20. The number of benzene rings is 3. The quantitative estimate of drug-likeness (QED) is 0.204. The summed E-state index contributed by atoms with van der Waals surface area (Å²) >= 11 is 1.82. The van der Waals surface area contributed by atoms with Gasteiger partial charge >= 0.3 is 0 Å². The molecule has 198 valence electrons. The molecule has 0 spiro atoms. The van der Waals surface area contributed by atoms with Crippen LogP contribution >= 0.6 is 11.3 Å². The molecule has 1 aromatic heterocycles. The summed E-state index contributed by atoms with van der Waals surface area (Å²) in [5, 5.41) is 2.15. The van der Waals surface area contributed by atoms with Crippen LogP contribution in [0.2, 0.25) is 0 Å². The normalized spacial score (nSPS) is 21.9. The zero-order valence-electron chi connectivity index (χ0n) is 22.0. The predicted octanol–water partition coefficient (Wildman–Crippen LogP) is 6.75. The molecule has 0 bridgehead atoms. The first-order chi connectivity index (χ1) is 18.8. The lowest BCUT2D eigenvalue weighted by Crippen LogP contribution is -2.62. The summed E-state index contributed by atoms with van der Waals surface area (Å²) in [5.74, 6) is 0. The zero-order valence-corrected chi connectivity index (χ0v) is 22.8. The first kappa shape index (κ1) is 26.8. The topological polar surface area (TPSA) is 30.9 Å². The van der Waals surface area contributed by atoms with E-state index in [1.807, 2.05) is 29.5 Å². The average Bonchev–Trinajstić information content (AvgIpc) is 3.50. The fourth-order valence-electron chi connectivity index (χ4n) is 5.09. The molecule has 0 aliphatic carbocycles. The second kappa shape index (κ2) is 13.8. The van der Waals surface area contributed by atoms with Crippen molar-refractivity contribution in [3.05, 3.63) is 130 Å². The minimum absolute atomic E-state index is 0.112. The van der Waals surface area contributed by atoms with Crippen LogP contribution in [0.3, 0.4) is 0 Å². The van der Waals surface area contributed by atoms with Crippen molar-refractivity contribution in [3.63, 3.8) is 0 Å². The van der Waals surface area contributed by atoms with Crippen molar-refractivity contribution in [3.8, 4) is 0 Å². The van der Waals surface area contributed by atoms with E-state index in [0.29, 0.717) is 19.8 Å². The van der Waals surface area contributed by atoms with E-state index in [2.05, 4.69) is 102 Å². The van der Waals surface area contributed by atoms with Crippen molar-refractivity contribution in [2.45, 2.75) is 57.5 Å². The molecule has 1 aliphatic rings. The summed E-state index contributed by atoms with van der Waals surface area (Å²) in [6.07, 6.45) is 0.598. The van der Waals surface area contributed by atoms with Crippen LogP contribution in [0.15, 0.2) is 109 Å². The maximum absolute atomic E-state index is 6.69. The van der Waals surface area contributed by atoms with Crippen LogP contribution in [0.25, 0.3) is 0 Å². The molecule has 0 unspecified atom stereocenters. The number of ether oxygens (including phenoxy) is 3. The molecule has 0 amide bonds. The Hall–Kier alpha value is -2.80. The Balaban J connectivity index is 1.36. The number of nitrogens with zero attached hydrogens (tertiary/aromatic N) is 1. The van der Waals surface area contributed by atoms with Crippen LogP contribution in [0.1, 0.15) is 28.5 Å². The molecule has 0 radical (unpaired) electrons. The lowest BCUT2D eigenvalue weighted by molar-refractivity contribution is -0.200. The highest BCUT2D eigenvalue weighted by atomic mass is 32.1. The SMILES string of the molecule is C[C@@H]1[C@@H](OCc2ccccc2)[C@H](OCc2ccccc2)[C@@H](OCc2ccccc2)CN1CCc1cccs1. The van der Waals surface area contributed by atoms with Crippen molar-refractivity contribution in [2.24, 2.45) is 0 Å². The van der Waals surface area contributed by atoms with Gasteiger partial charge in [0, 0.05) is 24.0 Å². The highest BCUT2D eigenvalue weighted by molar-refractivity contribution is 7.09. The summed E-state index contributed by atoms with van der Waals surface area (Å²) in [7, 11) is 0. The summed E-state index contributed by atoms with van der Waals surface area (Å²) in [6.45, 7) is 5.67. The highest BCUT2D eigenvalue weighted by Crippen LogP contribution is 2.29. The summed E-state index contributed by atoms with van der Waals surface area (Å²) in [4.78, 5) is 3.93. The van der Waals surface area contributed by atoms with E-state index in [1.54, 1.807) is 0 Å². The van der Waals surface area contributed by atoms with Gasteiger partial charge in [-0.3, -0.25) is 4.90 Å². The molecule has 5 heteroatoms. The monoisotopic (exact) mass is 527 g/mol. The van der Waals surface area contributed by atoms with Gasteiger partial charge in [-0.1, -0.05) is 97.1 Å². The highest BCUT2D eigenvalue weighted by Gasteiger charge is 2.43. The summed E-state index contributed by atoms with van der Waals surface area (Å²) < 4.78 is 20.0. The van der Waals surface area contributed by atoms with E-state index in [0.717, 1.165) is 25.1 Å². The fourth-order valence-corrected chi connectivity index (χ4v) is 5.79. The minimum Gasteiger partial charge on any atom is -0.369 e. The van der Waals surface area contributed by atoms with E-state index < -0.39 is 0 Å². The maximum Gasteiger partial charge on any atom is 0.113 e. The molecule has 0 N–H and O–H groups in total. The van der Waals surface area contributed by atoms with Gasteiger partial charge in [0.05, 0.1) is 25.9 Å². The first-order valence-electron chi connectivity index (χ1n) is 13.5. The van der Waals surface area contributed by atoms with Crippen LogP contribution in [0.5, 0.6) is 0 Å². The second-order valence-corrected chi connectivity index (χ2v) is 11.0. The third-order valence-electron chi connectivity index (χ3n) is 7.26. The van der Waals surface area contributed by atoms with Crippen molar-refractivity contribution in [2.75, 3.05) is 13.1 Å². The number of likely N-dealkylation sites (tertiary alicyclic amines) is 1. The molecule has 5 rings (SSSR count). The van der Waals surface area contributed by atoms with Gasteiger partial charge in [-0.2, -0.15) is 0 Å². The Kier molecular flexibility index (Phi) is 9.75. The molecular formula is C33H37NO3S. The van der Waals surface area contributed by atoms with E-state index in [-0.39, 0.29) is 24.4 Å². The maximum atomic E-state index is 6.69. The smallest absolute Gasteiger partial charge is 0.113 e. The number of thiophene rings is 1. The van der Waals surface area contributed by atoms with Gasteiger partial charge in [0.25, 0.3) is 0 Å². The van der Waals surface area contributed by atoms with Gasteiger partial charge in [-0.15, -0.1) is 11.3 Å². The van der Waals surface area contributed by atoms with Gasteiger partial charge in [-0.05, 0) is 41.5 Å². The van der Waals surface area contributed by atoms with Crippen LogP contribution < -0.4 is 0 Å². The molecule has 4 nitrogen and oxygen atoms in total. The lowest BCUT2D eigenvalue weighted by atomic mass is 9.93. The Morgan fingerprint density at radius 3 is 1.71 bits per heavy atom. The average molecular weight is 528 g/mol. The molecule has 4 atom stereocenters. The summed E-state index contributed by atoms with van der Waals surface area (Å²) in [6, 6.07) is 35.7. The van der Waals surface area contributed by atoms with Gasteiger partial charge in [0.15, 0.2) is 0 Å². The van der Waals surface area contributed by atoms with Crippen LogP contribution in [0.4, 0.5) is 0 Å². The molecular weight excluding hydrogens is 490 g/mol. The van der Waals surface area contributed by atoms with Gasteiger partial charge in [0.1, 0.15) is 12.2 Å². The van der Waals surface area contributed by atoms with E-state index >= 15 is 0 Å². The molecule has 2 heterocycles. The van der Waals surface area contributed by atoms with Crippen LogP contribution in [-0.4, -0.2) is 42.3 Å². The number of rotatable bonds is 12. The van der Waals surface area contributed by atoms with E-state index in [1.165, 1.54) is 16.0 Å². The number of piperidine rings is 1. The minimum atomic E-state index is -0.185. The van der Waals surface area contributed by atoms with Gasteiger partial charge in [0.2, 0.25) is 0 Å². The first-order valence-corrected chi connectivity index (χ1v) is 14.4. The van der Waals surface area contributed by atoms with Gasteiger partial charge in [-0.25, -0.2) is 0 Å². The molecule has 3 aromatic carbocycles. The Morgan fingerprint density at radius 2 is 1.18 bits per heavy atom. The zero-order chi connectivity index (χ0) is 26.0. The van der Waals surface area contributed by atoms with Crippen molar-refractivity contribution in [1.82, 2.24) is 4.90 Å². The van der Waals surface area contributed by atoms with Gasteiger partial charge < -0.3 is 14.2 Å². The number of hydrogen-bond donors (Lipinski definition) is 0. The lowest BCUT2D eigenvalue weighted by Gasteiger charge is -2.47. The molecule has 0 saturated carbocycles. The Morgan fingerprint density at radius 1 is 0.658 bits per heavy atom. The van der Waals surface area contributed by atoms with E-state index in [9.17, 15) is 0 Å². The molecule has 1 saturated heterocycles. The summed E-state index contributed by atoms with van der Waals surface area (Å²) in [5.41, 5.74) is 3.49. The standard InChI is InChI=1S/C33H37NO3S/c1-26-32(36-24-28-14-7-3-8-15-28)33(37-25-29-16-9-4-10-17-29)31(35-23-27-12-5-2-6-13-27)22-34(26)20-19-30-18-11-21-38-30/h2-18,21,26,31-33H,19-20,22-25H2,1H3/t26-,31+,32-,33-/m1/s1. The predicted molar refractivity (Wildman–Crippen MR) is 154 cm³/mol. The van der Waals surface area contributed by atoms with Crippen molar-refractivity contribution >= 4 is 11.3 Å². The third kappa shape index (κ3) is 7.40. The second-order valence-electron chi connectivity index (χ2n) is 9.92. The van der Waals surface area contributed by atoms with E-state index in [4.69, 9.17) is 14.2 Å². The Bertz CT molecular complexity index is 1190. The van der Waals surface area contributed by atoms with Crippen molar-refractivity contribution < 1.29 is 14.2 Å².